The van der Waals surface area contributed by atoms with Gasteiger partial charge < -0.3 is 0 Å². The Kier molecular flexibility index (Phi) is 2.82. The third kappa shape index (κ3) is 1.94. The number of nitrogens with zero attached hydrogens (tertiary/aromatic N) is 2. The molecule has 2 nitrogen and oxygen atoms in total. The first-order valence-corrected chi connectivity index (χ1v) is 6.52. The highest BCUT2D eigenvalue weighted by Gasteiger charge is 2.37. The lowest BCUT2D eigenvalue weighted by Crippen LogP contribution is -2.31. The van der Waals surface area contributed by atoms with Crippen molar-refractivity contribution in [3.63, 3.8) is 0 Å². The maximum atomic E-state index is 6.16. The lowest BCUT2D eigenvalue weighted by atomic mass is 10.1. The van der Waals surface area contributed by atoms with Crippen molar-refractivity contribution in [2.45, 2.75) is 31.8 Å². The van der Waals surface area contributed by atoms with Crippen LogP contribution in [0.5, 0.6) is 0 Å². The van der Waals surface area contributed by atoms with Gasteiger partial charge in [-0.2, -0.15) is 0 Å². The Labute approximate surface area is 106 Å². The molecule has 1 aromatic rings. The summed E-state index contributed by atoms with van der Waals surface area (Å²) in [7, 11) is 0. The molecule has 2 unspecified atom stereocenters. The number of halogens is 2. The van der Waals surface area contributed by atoms with Crippen LogP contribution in [-0.4, -0.2) is 22.5 Å². The molecule has 2 bridgehead atoms. The monoisotopic (exact) mass is 256 g/mol. The number of aromatic nitrogens is 1. The zero-order chi connectivity index (χ0) is 11.1. The second-order valence-corrected chi connectivity index (χ2v) is 5.66. The second kappa shape index (κ2) is 4.17. The fourth-order valence-corrected chi connectivity index (χ4v) is 3.42. The predicted molar refractivity (Wildman–Crippen MR) is 65.8 cm³/mol. The van der Waals surface area contributed by atoms with Gasteiger partial charge in [0.25, 0.3) is 0 Å². The lowest BCUT2D eigenvalue weighted by molar-refractivity contribution is 0.205. The van der Waals surface area contributed by atoms with E-state index in [0.717, 1.165) is 29.1 Å². The number of likely N-dealkylation sites (tertiary alicyclic amines) is 1. The average molecular weight is 257 g/mol. The summed E-state index contributed by atoms with van der Waals surface area (Å²) in [5.74, 6) is 0.920. The van der Waals surface area contributed by atoms with E-state index >= 15 is 0 Å². The van der Waals surface area contributed by atoms with Crippen LogP contribution in [0.4, 0.5) is 0 Å². The highest BCUT2D eigenvalue weighted by Crippen LogP contribution is 2.38. The van der Waals surface area contributed by atoms with Crippen LogP contribution in [0.25, 0.3) is 0 Å². The van der Waals surface area contributed by atoms with Crippen LogP contribution in [0.15, 0.2) is 12.3 Å². The summed E-state index contributed by atoms with van der Waals surface area (Å²) in [4.78, 5) is 6.63. The van der Waals surface area contributed by atoms with Crippen LogP contribution in [-0.2, 0) is 6.54 Å². The number of rotatable bonds is 2. The predicted octanol–water partition coefficient (Wildman–Crippen LogP) is 3.37. The molecule has 0 amide bonds. The van der Waals surface area contributed by atoms with E-state index in [1.807, 2.05) is 0 Å². The SMILES string of the molecule is Clc1cc(Cl)c(CN2CC3CCC2C3)cn1. The molecule has 2 atom stereocenters. The van der Waals surface area contributed by atoms with Crippen molar-refractivity contribution in [1.29, 1.82) is 0 Å². The largest absolute Gasteiger partial charge is 0.296 e. The normalized spacial score (nSPS) is 28.9. The third-order valence-electron chi connectivity index (χ3n) is 3.79. The number of pyridine rings is 1. The Morgan fingerprint density at radius 1 is 1.38 bits per heavy atom. The van der Waals surface area contributed by atoms with Crippen LogP contribution in [0.1, 0.15) is 24.8 Å². The van der Waals surface area contributed by atoms with Gasteiger partial charge in [-0.15, -0.1) is 0 Å². The molecule has 1 saturated carbocycles. The summed E-state index contributed by atoms with van der Waals surface area (Å²) in [6.45, 7) is 2.15. The van der Waals surface area contributed by atoms with Crippen LogP contribution in [0, 0.1) is 5.92 Å². The standard InChI is InChI=1S/C12H14Cl2N2/c13-11-4-12(14)15-5-9(11)7-16-6-8-1-2-10(16)3-8/h4-5,8,10H,1-3,6-7H2. The molecule has 0 spiro atoms. The molecule has 2 heterocycles. The van der Waals surface area contributed by atoms with E-state index in [1.165, 1.54) is 25.8 Å². The van der Waals surface area contributed by atoms with Crippen LogP contribution < -0.4 is 0 Å². The molecule has 1 aliphatic heterocycles. The van der Waals surface area contributed by atoms with Gasteiger partial charge in [-0.3, -0.25) is 4.90 Å². The minimum absolute atomic E-state index is 0.469. The van der Waals surface area contributed by atoms with Gasteiger partial charge in [0.15, 0.2) is 0 Å². The van der Waals surface area contributed by atoms with E-state index in [1.54, 1.807) is 12.3 Å². The number of hydrogen-bond donors (Lipinski definition) is 0. The van der Waals surface area contributed by atoms with Gasteiger partial charge in [0.2, 0.25) is 0 Å². The maximum Gasteiger partial charge on any atom is 0.130 e. The Bertz CT molecular complexity index is 408. The molecule has 0 N–H and O–H groups in total. The van der Waals surface area contributed by atoms with Crippen molar-refractivity contribution >= 4 is 23.2 Å². The molecule has 2 fully saturated rings. The minimum Gasteiger partial charge on any atom is -0.296 e. The lowest BCUT2D eigenvalue weighted by Gasteiger charge is -2.26. The Hall–Kier alpha value is -0.310. The van der Waals surface area contributed by atoms with Crippen molar-refractivity contribution in [2.75, 3.05) is 6.54 Å². The van der Waals surface area contributed by atoms with Gasteiger partial charge in [-0.25, -0.2) is 4.98 Å². The average Bonchev–Trinajstić information content (AvgIpc) is 2.84. The van der Waals surface area contributed by atoms with Gasteiger partial charge in [0.05, 0.1) is 0 Å². The number of fused-ring (bicyclic) bond motifs is 2. The van der Waals surface area contributed by atoms with Crippen molar-refractivity contribution in [3.8, 4) is 0 Å². The minimum atomic E-state index is 0.469. The maximum absolute atomic E-state index is 6.16. The molecule has 16 heavy (non-hydrogen) atoms. The van der Waals surface area contributed by atoms with Gasteiger partial charge in [-0.1, -0.05) is 23.2 Å². The van der Waals surface area contributed by atoms with Crippen molar-refractivity contribution in [2.24, 2.45) is 5.92 Å². The molecule has 0 aromatic carbocycles. The van der Waals surface area contributed by atoms with E-state index < -0.39 is 0 Å². The highest BCUT2D eigenvalue weighted by molar-refractivity contribution is 6.34. The van der Waals surface area contributed by atoms with E-state index in [-0.39, 0.29) is 0 Å². The van der Waals surface area contributed by atoms with Crippen LogP contribution >= 0.6 is 23.2 Å². The first-order valence-electron chi connectivity index (χ1n) is 5.76. The molecule has 3 rings (SSSR count). The van der Waals surface area contributed by atoms with Crippen molar-refractivity contribution < 1.29 is 0 Å². The van der Waals surface area contributed by atoms with Crippen LogP contribution in [0.2, 0.25) is 10.2 Å². The van der Waals surface area contributed by atoms with Gasteiger partial charge in [-0.05, 0) is 31.2 Å². The summed E-state index contributed by atoms with van der Waals surface area (Å²) >= 11 is 11.9. The second-order valence-electron chi connectivity index (χ2n) is 4.86. The molecule has 1 aliphatic carbocycles. The molecule has 1 aromatic heterocycles. The number of hydrogen-bond acceptors (Lipinski definition) is 2. The zero-order valence-electron chi connectivity index (χ0n) is 9.00. The Balaban J connectivity index is 1.74. The quantitative estimate of drug-likeness (QED) is 0.755. The first kappa shape index (κ1) is 10.8. The smallest absolute Gasteiger partial charge is 0.130 e. The van der Waals surface area contributed by atoms with Gasteiger partial charge in [0.1, 0.15) is 5.15 Å². The molecule has 0 radical (unpaired) electrons. The Morgan fingerprint density at radius 2 is 2.25 bits per heavy atom. The third-order valence-corrected chi connectivity index (χ3v) is 4.35. The van der Waals surface area contributed by atoms with E-state index in [2.05, 4.69) is 9.88 Å². The topological polar surface area (TPSA) is 16.1 Å². The zero-order valence-corrected chi connectivity index (χ0v) is 10.5. The first-order chi connectivity index (χ1) is 7.72. The fraction of sp³-hybridized carbons (Fsp3) is 0.583. The van der Waals surface area contributed by atoms with E-state index in [9.17, 15) is 0 Å². The van der Waals surface area contributed by atoms with Crippen LogP contribution in [0.3, 0.4) is 0 Å². The van der Waals surface area contributed by atoms with Crippen molar-refractivity contribution in [3.05, 3.63) is 28.0 Å². The highest BCUT2D eigenvalue weighted by atomic mass is 35.5. The molecule has 4 heteroatoms. The number of piperidine rings is 1. The van der Waals surface area contributed by atoms with Gasteiger partial charge >= 0.3 is 0 Å². The molecular weight excluding hydrogens is 243 g/mol. The van der Waals surface area contributed by atoms with Gasteiger partial charge in [0, 0.05) is 35.9 Å². The van der Waals surface area contributed by atoms with E-state index in [0.29, 0.717) is 5.15 Å². The summed E-state index contributed by atoms with van der Waals surface area (Å²) in [5.41, 5.74) is 1.10. The van der Waals surface area contributed by atoms with Crippen molar-refractivity contribution in [1.82, 2.24) is 9.88 Å². The fourth-order valence-electron chi connectivity index (χ4n) is 2.99. The molecule has 86 valence electrons. The molecule has 1 saturated heterocycles. The summed E-state index contributed by atoms with van der Waals surface area (Å²) in [6, 6.07) is 2.50. The molecular formula is C12H14Cl2N2. The summed E-state index contributed by atoms with van der Waals surface area (Å²) in [5, 5.41) is 1.21. The van der Waals surface area contributed by atoms with E-state index in [4.69, 9.17) is 23.2 Å². The molecule has 2 aliphatic rings. The summed E-state index contributed by atoms with van der Waals surface area (Å²) < 4.78 is 0. The Morgan fingerprint density at radius 3 is 2.88 bits per heavy atom. The summed E-state index contributed by atoms with van der Waals surface area (Å²) in [6.07, 6.45) is 5.94.